The van der Waals surface area contributed by atoms with Crippen LogP contribution < -0.4 is 0 Å². The van der Waals surface area contributed by atoms with Gasteiger partial charge in [0.1, 0.15) is 0 Å². The summed E-state index contributed by atoms with van der Waals surface area (Å²) in [6.45, 7) is 0.788. The van der Waals surface area contributed by atoms with Gasteiger partial charge < -0.3 is 14.6 Å². The third kappa shape index (κ3) is 2.34. The van der Waals surface area contributed by atoms with Gasteiger partial charge in [-0.2, -0.15) is 0 Å². The highest BCUT2D eigenvalue weighted by Crippen LogP contribution is 2.20. The molecule has 2 aromatic rings. The van der Waals surface area contributed by atoms with Crippen molar-refractivity contribution in [2.45, 2.75) is 18.9 Å². The van der Waals surface area contributed by atoms with Crippen LogP contribution in [0.3, 0.4) is 0 Å². The second-order valence-electron chi connectivity index (χ2n) is 5.11. The highest BCUT2D eigenvalue weighted by Gasteiger charge is 2.28. The smallest absolute Gasteiger partial charge is 0.254 e. The van der Waals surface area contributed by atoms with E-state index in [1.807, 2.05) is 53.4 Å². The molecule has 0 radical (unpaired) electrons. The van der Waals surface area contributed by atoms with Crippen LogP contribution in [-0.2, 0) is 0 Å². The van der Waals surface area contributed by atoms with Crippen molar-refractivity contribution in [3.63, 3.8) is 0 Å². The number of hydrogen-bond acceptors (Lipinski definition) is 2. The molecule has 0 spiro atoms. The number of carbonyl (C=O) groups is 1. The quantitative estimate of drug-likeness (QED) is 0.928. The largest absolute Gasteiger partial charge is 0.394 e. The van der Waals surface area contributed by atoms with Crippen molar-refractivity contribution in [1.29, 1.82) is 0 Å². The predicted molar refractivity (Wildman–Crippen MR) is 76.9 cm³/mol. The molecular formula is C16H18N2O2. The Morgan fingerprint density at radius 3 is 2.55 bits per heavy atom. The number of nitrogens with zero attached hydrogens (tertiary/aromatic N) is 2. The molecule has 1 atom stereocenters. The maximum atomic E-state index is 12.4. The molecule has 1 N–H and O–H groups in total. The molecule has 3 rings (SSSR count). The van der Waals surface area contributed by atoms with Crippen molar-refractivity contribution in [2.75, 3.05) is 13.2 Å². The van der Waals surface area contributed by atoms with Gasteiger partial charge in [0, 0.05) is 30.2 Å². The van der Waals surface area contributed by atoms with E-state index in [-0.39, 0.29) is 18.6 Å². The lowest BCUT2D eigenvalue weighted by atomic mass is 10.1. The van der Waals surface area contributed by atoms with Crippen molar-refractivity contribution in [3.8, 4) is 5.69 Å². The summed E-state index contributed by atoms with van der Waals surface area (Å²) in [4.78, 5) is 14.2. The second kappa shape index (κ2) is 5.51. The third-order valence-electron chi connectivity index (χ3n) is 3.87. The average molecular weight is 270 g/mol. The highest BCUT2D eigenvalue weighted by molar-refractivity contribution is 5.94. The van der Waals surface area contributed by atoms with E-state index in [4.69, 9.17) is 0 Å². The molecule has 0 unspecified atom stereocenters. The first-order valence-corrected chi connectivity index (χ1v) is 6.95. The molecular weight excluding hydrogens is 252 g/mol. The summed E-state index contributed by atoms with van der Waals surface area (Å²) in [5.74, 6) is 0.0145. The number of aliphatic hydroxyl groups is 1. The molecule has 20 heavy (non-hydrogen) atoms. The molecule has 4 nitrogen and oxygen atoms in total. The van der Waals surface area contributed by atoms with Gasteiger partial charge in [0.25, 0.3) is 5.91 Å². The van der Waals surface area contributed by atoms with Crippen molar-refractivity contribution in [3.05, 3.63) is 54.4 Å². The first-order chi connectivity index (χ1) is 9.79. The van der Waals surface area contributed by atoms with Crippen LogP contribution in [0.15, 0.2) is 48.8 Å². The fourth-order valence-electron chi connectivity index (χ4n) is 2.74. The summed E-state index contributed by atoms with van der Waals surface area (Å²) in [7, 11) is 0. The minimum atomic E-state index is -0.0216. The number of rotatable bonds is 3. The Hall–Kier alpha value is -2.07. The average Bonchev–Trinajstić information content (AvgIpc) is 3.17. The van der Waals surface area contributed by atoms with Crippen LogP contribution >= 0.6 is 0 Å². The lowest BCUT2D eigenvalue weighted by Crippen LogP contribution is -2.37. The number of benzene rings is 1. The van der Waals surface area contributed by atoms with Crippen molar-refractivity contribution in [1.82, 2.24) is 9.47 Å². The fraction of sp³-hybridized carbons (Fsp3) is 0.312. The highest BCUT2D eigenvalue weighted by atomic mass is 16.3. The van der Waals surface area contributed by atoms with E-state index in [0.717, 1.165) is 25.1 Å². The molecule has 2 heterocycles. The fourth-order valence-corrected chi connectivity index (χ4v) is 2.74. The summed E-state index contributed by atoms with van der Waals surface area (Å²) >= 11 is 0. The van der Waals surface area contributed by atoms with Crippen molar-refractivity contribution >= 4 is 5.91 Å². The summed E-state index contributed by atoms with van der Waals surface area (Å²) in [5, 5.41) is 9.30. The second-order valence-corrected chi connectivity index (χ2v) is 5.11. The number of carbonyl (C=O) groups excluding carboxylic acids is 1. The predicted octanol–water partition coefficient (Wildman–Crippen LogP) is 2.07. The Bertz CT molecular complexity index is 575. The lowest BCUT2D eigenvalue weighted by Gasteiger charge is -2.23. The zero-order valence-corrected chi connectivity index (χ0v) is 11.3. The van der Waals surface area contributed by atoms with Gasteiger partial charge in [-0.1, -0.05) is 0 Å². The van der Waals surface area contributed by atoms with Crippen LogP contribution in [0, 0.1) is 0 Å². The summed E-state index contributed by atoms with van der Waals surface area (Å²) in [5.41, 5.74) is 1.72. The van der Waals surface area contributed by atoms with Crippen LogP contribution in [-0.4, -0.2) is 39.7 Å². The molecule has 1 aliphatic rings. The first kappa shape index (κ1) is 12.9. The van der Waals surface area contributed by atoms with Gasteiger partial charge in [-0.15, -0.1) is 0 Å². The Labute approximate surface area is 118 Å². The molecule has 1 amide bonds. The third-order valence-corrected chi connectivity index (χ3v) is 3.87. The molecule has 1 aromatic carbocycles. The van der Waals surface area contributed by atoms with E-state index in [1.165, 1.54) is 0 Å². The van der Waals surface area contributed by atoms with Gasteiger partial charge >= 0.3 is 0 Å². The van der Waals surface area contributed by atoms with Crippen LogP contribution in [0.4, 0.5) is 0 Å². The first-order valence-electron chi connectivity index (χ1n) is 6.95. The summed E-state index contributed by atoms with van der Waals surface area (Å²) < 4.78 is 2.00. The Kier molecular flexibility index (Phi) is 3.56. The van der Waals surface area contributed by atoms with Crippen LogP contribution in [0.1, 0.15) is 23.2 Å². The van der Waals surface area contributed by atoms with Gasteiger partial charge in [-0.25, -0.2) is 0 Å². The molecule has 0 saturated carbocycles. The maximum Gasteiger partial charge on any atom is 0.254 e. The van der Waals surface area contributed by atoms with Gasteiger partial charge in [0.2, 0.25) is 0 Å². The monoisotopic (exact) mass is 270 g/mol. The van der Waals surface area contributed by atoms with E-state index in [9.17, 15) is 9.90 Å². The molecule has 1 fully saturated rings. The Morgan fingerprint density at radius 2 is 1.90 bits per heavy atom. The molecule has 1 saturated heterocycles. The van der Waals surface area contributed by atoms with Gasteiger partial charge in [0.05, 0.1) is 12.6 Å². The minimum Gasteiger partial charge on any atom is -0.394 e. The van der Waals surface area contributed by atoms with Crippen molar-refractivity contribution < 1.29 is 9.90 Å². The van der Waals surface area contributed by atoms with E-state index in [2.05, 4.69) is 0 Å². The normalized spacial score (nSPS) is 18.4. The van der Waals surface area contributed by atoms with Gasteiger partial charge in [-0.3, -0.25) is 4.79 Å². The number of aliphatic hydroxyl groups excluding tert-OH is 1. The molecule has 104 valence electrons. The number of aromatic nitrogens is 1. The molecule has 4 heteroatoms. The lowest BCUT2D eigenvalue weighted by molar-refractivity contribution is 0.0677. The molecule has 0 aliphatic carbocycles. The zero-order chi connectivity index (χ0) is 13.9. The van der Waals surface area contributed by atoms with Crippen LogP contribution in [0.2, 0.25) is 0 Å². The topological polar surface area (TPSA) is 45.5 Å². The van der Waals surface area contributed by atoms with Gasteiger partial charge in [-0.05, 0) is 49.2 Å². The molecule has 0 bridgehead atoms. The molecule has 1 aromatic heterocycles. The minimum absolute atomic E-state index is 0.0145. The molecule has 1 aliphatic heterocycles. The summed E-state index contributed by atoms with van der Waals surface area (Å²) in [6.07, 6.45) is 5.81. The van der Waals surface area contributed by atoms with Crippen LogP contribution in [0.25, 0.3) is 5.69 Å². The van der Waals surface area contributed by atoms with E-state index >= 15 is 0 Å². The Balaban J connectivity index is 1.79. The van der Waals surface area contributed by atoms with E-state index in [1.54, 1.807) is 4.90 Å². The SMILES string of the molecule is O=C(c1ccc(-n2cccc2)cc1)N1CCC[C@@H]1CO. The maximum absolute atomic E-state index is 12.4. The Morgan fingerprint density at radius 1 is 1.20 bits per heavy atom. The number of hydrogen-bond donors (Lipinski definition) is 1. The number of amides is 1. The van der Waals surface area contributed by atoms with Crippen molar-refractivity contribution in [2.24, 2.45) is 0 Å². The van der Waals surface area contributed by atoms with E-state index in [0.29, 0.717) is 5.56 Å². The summed E-state index contributed by atoms with van der Waals surface area (Å²) in [6, 6.07) is 11.5. The number of likely N-dealkylation sites (tertiary alicyclic amines) is 1. The van der Waals surface area contributed by atoms with E-state index < -0.39 is 0 Å². The van der Waals surface area contributed by atoms with Crippen LogP contribution in [0.5, 0.6) is 0 Å². The standard InChI is InChI=1S/C16H18N2O2/c19-12-15-4-3-11-18(15)16(20)13-5-7-14(8-6-13)17-9-1-2-10-17/h1-2,5-10,15,19H,3-4,11-12H2/t15-/m1/s1. The van der Waals surface area contributed by atoms with Gasteiger partial charge in [0.15, 0.2) is 0 Å². The zero-order valence-electron chi connectivity index (χ0n) is 11.3.